The summed E-state index contributed by atoms with van der Waals surface area (Å²) in [6.45, 7) is 6.28. The molecule has 0 bridgehead atoms. The number of rotatable bonds is 3. The van der Waals surface area contributed by atoms with Crippen molar-refractivity contribution in [2.24, 2.45) is 0 Å². The van der Waals surface area contributed by atoms with E-state index in [-0.39, 0.29) is 5.56 Å². The van der Waals surface area contributed by atoms with Gasteiger partial charge in [0.05, 0.1) is 11.3 Å². The molecule has 3 rings (SSSR count). The molecule has 0 atom stereocenters. The van der Waals surface area contributed by atoms with Gasteiger partial charge in [-0.05, 0) is 18.6 Å². The Morgan fingerprint density at radius 3 is 2.17 bits per heavy atom. The minimum absolute atomic E-state index is 0.248. The maximum atomic E-state index is 14.4. The van der Waals surface area contributed by atoms with Crippen molar-refractivity contribution in [3.05, 3.63) is 95.5 Å². The molecule has 0 unspecified atom stereocenters. The van der Waals surface area contributed by atoms with Crippen LogP contribution in [0.4, 0.5) is 13.2 Å². The summed E-state index contributed by atoms with van der Waals surface area (Å²) in [5, 5.41) is 0. The largest absolute Gasteiger partial charge is 0.341 e. The number of likely N-dealkylation sites (N-methyl/N-ethyl adjacent to an activating group) is 1. The average Bonchev–Trinajstić information content (AvgIpc) is 2.55. The molecule has 0 aromatic heterocycles. The van der Waals surface area contributed by atoms with Gasteiger partial charge in [-0.1, -0.05) is 43.0 Å². The van der Waals surface area contributed by atoms with E-state index in [4.69, 9.17) is 0 Å². The molecule has 122 valence electrons. The van der Waals surface area contributed by atoms with E-state index >= 15 is 0 Å². The molecule has 2 aromatic rings. The topological polar surface area (TPSA) is 3.24 Å². The number of halogens is 3. The number of allylic oxidation sites excluding steroid dienone is 3. The lowest BCUT2D eigenvalue weighted by Gasteiger charge is -2.32. The van der Waals surface area contributed by atoms with Crippen LogP contribution in [0.5, 0.6) is 0 Å². The van der Waals surface area contributed by atoms with Crippen molar-refractivity contribution in [2.75, 3.05) is 6.54 Å². The zero-order valence-electron chi connectivity index (χ0n) is 13.2. The highest BCUT2D eigenvalue weighted by Crippen LogP contribution is 2.38. The van der Waals surface area contributed by atoms with Gasteiger partial charge in [0.25, 0.3) is 0 Å². The molecule has 0 saturated carbocycles. The summed E-state index contributed by atoms with van der Waals surface area (Å²) < 4.78 is 42.2. The van der Waals surface area contributed by atoms with Crippen molar-refractivity contribution in [3.8, 4) is 0 Å². The first-order valence-corrected chi connectivity index (χ1v) is 7.62. The number of benzene rings is 2. The second-order valence-electron chi connectivity index (χ2n) is 5.44. The van der Waals surface area contributed by atoms with Crippen molar-refractivity contribution in [2.45, 2.75) is 6.92 Å². The van der Waals surface area contributed by atoms with E-state index in [0.29, 0.717) is 35.6 Å². The van der Waals surface area contributed by atoms with Gasteiger partial charge in [0.1, 0.15) is 17.5 Å². The highest BCUT2D eigenvalue weighted by atomic mass is 19.1. The van der Waals surface area contributed by atoms with E-state index in [1.165, 1.54) is 0 Å². The average molecular weight is 327 g/mol. The van der Waals surface area contributed by atoms with Crippen LogP contribution in [0.3, 0.4) is 0 Å². The fourth-order valence-electron chi connectivity index (χ4n) is 2.89. The zero-order chi connectivity index (χ0) is 17.3. The summed E-state index contributed by atoms with van der Waals surface area (Å²) >= 11 is 0. The third-order valence-corrected chi connectivity index (χ3v) is 3.96. The van der Waals surface area contributed by atoms with Gasteiger partial charge in [-0.3, -0.25) is 0 Å². The van der Waals surface area contributed by atoms with Crippen molar-refractivity contribution in [1.82, 2.24) is 4.90 Å². The summed E-state index contributed by atoms with van der Waals surface area (Å²) in [5.41, 5.74) is 2.20. The van der Waals surface area contributed by atoms with Crippen molar-refractivity contribution >= 4 is 11.3 Å². The molecule has 0 fully saturated rings. The lowest BCUT2D eigenvalue weighted by Crippen LogP contribution is -2.24. The van der Waals surface area contributed by atoms with Crippen LogP contribution in [0, 0.1) is 17.5 Å². The van der Waals surface area contributed by atoms with Gasteiger partial charge in [-0.25, -0.2) is 13.2 Å². The normalized spacial score (nSPS) is 14.5. The molecule has 0 spiro atoms. The molecular formula is C20H16F3N. The standard InChI is InChI=1S/C20H16F3N/c1-3-24-13(2)9-10-16(14-7-5-4-6-8-14)20(24)19-17(22)11-15(21)12-18(19)23/h4-12H,2-3H2,1H3. The molecule has 0 aliphatic carbocycles. The predicted octanol–water partition coefficient (Wildman–Crippen LogP) is 5.38. The van der Waals surface area contributed by atoms with Crippen LogP contribution in [-0.4, -0.2) is 11.4 Å². The summed E-state index contributed by atoms with van der Waals surface area (Å²) in [7, 11) is 0. The first-order chi connectivity index (χ1) is 11.5. The Bertz CT molecular complexity index is 827. The van der Waals surface area contributed by atoms with E-state index in [1.807, 2.05) is 37.3 Å². The fourth-order valence-corrected chi connectivity index (χ4v) is 2.89. The van der Waals surface area contributed by atoms with Gasteiger partial charge in [-0.15, -0.1) is 0 Å². The highest BCUT2D eigenvalue weighted by molar-refractivity contribution is 5.97. The highest BCUT2D eigenvalue weighted by Gasteiger charge is 2.26. The van der Waals surface area contributed by atoms with Crippen molar-refractivity contribution in [1.29, 1.82) is 0 Å². The second-order valence-corrected chi connectivity index (χ2v) is 5.44. The first-order valence-electron chi connectivity index (χ1n) is 7.62. The molecule has 1 aliphatic rings. The molecule has 0 amide bonds. The minimum atomic E-state index is -0.941. The maximum Gasteiger partial charge on any atom is 0.138 e. The Labute approximate surface area is 139 Å². The van der Waals surface area contributed by atoms with Crippen LogP contribution in [-0.2, 0) is 0 Å². The summed E-state index contributed by atoms with van der Waals surface area (Å²) in [4.78, 5) is 1.72. The van der Waals surface area contributed by atoms with Gasteiger partial charge in [-0.2, -0.15) is 0 Å². The van der Waals surface area contributed by atoms with E-state index in [9.17, 15) is 13.2 Å². The first kappa shape index (κ1) is 16.1. The van der Waals surface area contributed by atoms with E-state index < -0.39 is 17.5 Å². The van der Waals surface area contributed by atoms with E-state index in [0.717, 1.165) is 5.56 Å². The van der Waals surface area contributed by atoms with Crippen LogP contribution in [0.15, 0.2) is 66.9 Å². The Balaban J connectivity index is 2.34. The molecule has 2 aromatic carbocycles. The third kappa shape index (κ3) is 2.75. The molecule has 1 heterocycles. The van der Waals surface area contributed by atoms with Gasteiger partial charge >= 0.3 is 0 Å². The van der Waals surface area contributed by atoms with Crippen LogP contribution < -0.4 is 0 Å². The predicted molar refractivity (Wildman–Crippen MR) is 90.2 cm³/mol. The number of hydrogen-bond acceptors (Lipinski definition) is 1. The van der Waals surface area contributed by atoms with Crippen molar-refractivity contribution < 1.29 is 13.2 Å². The molecule has 0 saturated heterocycles. The molecule has 0 radical (unpaired) electrons. The lowest BCUT2D eigenvalue weighted by molar-refractivity contribution is 0.501. The summed E-state index contributed by atoms with van der Waals surface area (Å²) in [5.74, 6) is -2.81. The Morgan fingerprint density at radius 2 is 1.58 bits per heavy atom. The van der Waals surface area contributed by atoms with Gasteiger partial charge in [0, 0.05) is 29.9 Å². The molecule has 0 N–H and O–H groups in total. The molecule has 1 nitrogen and oxygen atoms in total. The quantitative estimate of drug-likeness (QED) is 0.732. The van der Waals surface area contributed by atoms with Gasteiger partial charge < -0.3 is 4.90 Å². The Kier molecular flexibility index (Phi) is 4.30. The van der Waals surface area contributed by atoms with Crippen molar-refractivity contribution in [3.63, 3.8) is 0 Å². The van der Waals surface area contributed by atoms with Crippen LogP contribution >= 0.6 is 0 Å². The van der Waals surface area contributed by atoms with Gasteiger partial charge in [0.15, 0.2) is 0 Å². The van der Waals surface area contributed by atoms with Crippen LogP contribution in [0.1, 0.15) is 18.1 Å². The van der Waals surface area contributed by atoms with Gasteiger partial charge in [0.2, 0.25) is 0 Å². The second kappa shape index (κ2) is 6.40. The molecule has 24 heavy (non-hydrogen) atoms. The lowest BCUT2D eigenvalue weighted by atomic mass is 9.94. The number of hydrogen-bond donors (Lipinski definition) is 0. The Hall–Kier alpha value is -2.75. The summed E-state index contributed by atoms with van der Waals surface area (Å²) in [6, 6.07) is 10.7. The maximum absolute atomic E-state index is 14.4. The molecular weight excluding hydrogens is 311 g/mol. The fraction of sp³-hybridized carbons (Fsp3) is 0.100. The monoisotopic (exact) mass is 327 g/mol. The number of nitrogens with zero attached hydrogens (tertiary/aromatic N) is 1. The van der Waals surface area contributed by atoms with E-state index in [1.54, 1.807) is 17.1 Å². The Morgan fingerprint density at radius 1 is 0.958 bits per heavy atom. The molecule has 4 heteroatoms. The zero-order valence-corrected chi connectivity index (χ0v) is 13.2. The minimum Gasteiger partial charge on any atom is -0.341 e. The van der Waals surface area contributed by atoms with Crippen LogP contribution in [0.25, 0.3) is 11.3 Å². The summed E-state index contributed by atoms with van der Waals surface area (Å²) in [6.07, 6.45) is 3.58. The SMILES string of the molecule is C=C1C=CC(c2ccccc2)=C(c2c(F)cc(F)cc2F)N1CC. The third-order valence-electron chi connectivity index (χ3n) is 3.96. The molecule has 1 aliphatic heterocycles. The van der Waals surface area contributed by atoms with Crippen LogP contribution in [0.2, 0.25) is 0 Å². The van der Waals surface area contributed by atoms with E-state index in [2.05, 4.69) is 6.58 Å². The smallest absolute Gasteiger partial charge is 0.138 e.